The zero-order valence-corrected chi connectivity index (χ0v) is 8.96. The van der Waals surface area contributed by atoms with Gasteiger partial charge in [0.1, 0.15) is 11.4 Å². The third-order valence-corrected chi connectivity index (χ3v) is 1.65. The number of hydrogen-bond acceptors (Lipinski definition) is 3. The second-order valence-corrected chi connectivity index (χ2v) is 4.07. The highest BCUT2D eigenvalue weighted by molar-refractivity contribution is 5.77. The second kappa shape index (κ2) is 3.64. The van der Waals surface area contributed by atoms with Crippen molar-refractivity contribution < 1.29 is 15.0 Å². The summed E-state index contributed by atoms with van der Waals surface area (Å²) < 4.78 is 0. The number of carbonyl (C=O) groups excluding carboxylic acids is 1. The molecule has 1 amide bonds. The Morgan fingerprint density at radius 2 is 1.46 bits per heavy atom. The molecule has 78 valence electrons. The predicted molar refractivity (Wildman–Crippen MR) is 49.7 cm³/mol. The topological polar surface area (TPSA) is 60.8 Å². The zero-order chi connectivity index (χ0) is 10.9. The molecule has 2 N–H and O–H groups in total. The van der Waals surface area contributed by atoms with Crippen molar-refractivity contribution in [1.29, 1.82) is 0 Å². The van der Waals surface area contributed by atoms with Gasteiger partial charge in [-0.05, 0) is 27.7 Å². The third kappa shape index (κ3) is 3.32. The lowest BCUT2D eigenvalue weighted by Crippen LogP contribution is -2.58. The van der Waals surface area contributed by atoms with Crippen LogP contribution >= 0.6 is 0 Å². The molecule has 0 fully saturated rings. The molecule has 0 aromatic rings. The van der Waals surface area contributed by atoms with E-state index in [-0.39, 0.29) is 12.3 Å². The van der Waals surface area contributed by atoms with E-state index >= 15 is 0 Å². The molecule has 0 aliphatic carbocycles. The summed E-state index contributed by atoms with van der Waals surface area (Å²) in [4.78, 5) is 12.5. The average Bonchev–Trinajstić information content (AvgIpc) is 1.80. The number of amides is 1. The van der Waals surface area contributed by atoms with Crippen molar-refractivity contribution >= 4 is 5.91 Å². The summed E-state index contributed by atoms with van der Waals surface area (Å²) in [7, 11) is 0. The summed E-state index contributed by atoms with van der Waals surface area (Å²) in [6, 6.07) is 0. The number of aliphatic hydroxyl groups is 2. The molecular formula is C9H19NO3. The molecule has 13 heavy (non-hydrogen) atoms. The number of hydrogen-bond donors (Lipinski definition) is 2. The Morgan fingerprint density at radius 3 is 1.54 bits per heavy atom. The van der Waals surface area contributed by atoms with Crippen LogP contribution in [-0.4, -0.2) is 32.5 Å². The van der Waals surface area contributed by atoms with Crippen LogP contribution in [0.15, 0.2) is 0 Å². The largest absolute Gasteiger partial charge is 0.371 e. The minimum atomic E-state index is -1.34. The highest BCUT2D eigenvalue weighted by Gasteiger charge is 2.37. The molecule has 0 aliphatic rings. The summed E-state index contributed by atoms with van der Waals surface area (Å²) in [5, 5.41) is 19.3. The predicted octanol–water partition coefficient (Wildman–Crippen LogP) is 0.682. The molecule has 4 heteroatoms. The van der Waals surface area contributed by atoms with Crippen LogP contribution in [0.1, 0.15) is 41.0 Å². The monoisotopic (exact) mass is 189 g/mol. The Hall–Kier alpha value is -0.610. The zero-order valence-electron chi connectivity index (χ0n) is 8.96. The average molecular weight is 189 g/mol. The minimum Gasteiger partial charge on any atom is -0.371 e. The molecule has 0 saturated carbocycles. The Labute approximate surface area is 79.2 Å². The van der Waals surface area contributed by atoms with E-state index in [2.05, 4.69) is 0 Å². The molecule has 0 radical (unpaired) electrons. The molecule has 0 atom stereocenters. The standard InChI is InChI=1S/C9H19NO3/c1-6-7(11)10(8(2,3)12)9(4,5)13/h12-13H,6H2,1-5H3. The van der Waals surface area contributed by atoms with Gasteiger partial charge >= 0.3 is 0 Å². The van der Waals surface area contributed by atoms with Crippen LogP contribution < -0.4 is 0 Å². The molecule has 0 unspecified atom stereocenters. The molecule has 0 saturated heterocycles. The van der Waals surface area contributed by atoms with Crippen molar-refractivity contribution in [2.24, 2.45) is 0 Å². The van der Waals surface area contributed by atoms with Gasteiger partial charge in [-0.2, -0.15) is 0 Å². The maximum atomic E-state index is 11.4. The number of rotatable bonds is 3. The second-order valence-electron chi connectivity index (χ2n) is 4.07. The summed E-state index contributed by atoms with van der Waals surface area (Å²) >= 11 is 0. The van der Waals surface area contributed by atoms with E-state index in [1.807, 2.05) is 0 Å². The molecule has 0 aromatic heterocycles. The van der Waals surface area contributed by atoms with Gasteiger partial charge in [0.2, 0.25) is 5.91 Å². The maximum Gasteiger partial charge on any atom is 0.226 e. The summed E-state index contributed by atoms with van der Waals surface area (Å²) in [5.74, 6) is -0.278. The summed E-state index contributed by atoms with van der Waals surface area (Å²) in [5.41, 5.74) is -2.68. The van der Waals surface area contributed by atoms with Crippen LogP contribution in [0.5, 0.6) is 0 Å². The fraction of sp³-hybridized carbons (Fsp3) is 0.889. The van der Waals surface area contributed by atoms with Gasteiger partial charge in [0, 0.05) is 6.42 Å². The third-order valence-electron chi connectivity index (χ3n) is 1.65. The molecule has 0 bridgehead atoms. The first-order valence-corrected chi connectivity index (χ1v) is 4.38. The molecule has 0 aliphatic heterocycles. The highest BCUT2D eigenvalue weighted by atomic mass is 16.4. The van der Waals surface area contributed by atoms with Crippen LogP contribution in [-0.2, 0) is 4.79 Å². The Kier molecular flexibility index (Phi) is 3.47. The lowest BCUT2D eigenvalue weighted by molar-refractivity contribution is -0.205. The van der Waals surface area contributed by atoms with Gasteiger partial charge in [-0.3, -0.25) is 9.69 Å². The first kappa shape index (κ1) is 12.4. The van der Waals surface area contributed by atoms with E-state index in [9.17, 15) is 15.0 Å². The van der Waals surface area contributed by atoms with Gasteiger partial charge in [0.15, 0.2) is 0 Å². The van der Waals surface area contributed by atoms with Crippen LogP contribution in [0, 0.1) is 0 Å². The van der Waals surface area contributed by atoms with Crippen LogP contribution in [0.4, 0.5) is 0 Å². The summed E-state index contributed by atoms with van der Waals surface area (Å²) in [6.07, 6.45) is 0.258. The SMILES string of the molecule is CCC(=O)N(C(C)(C)O)C(C)(C)O. The molecule has 0 spiro atoms. The molecular weight excluding hydrogens is 170 g/mol. The van der Waals surface area contributed by atoms with Crippen molar-refractivity contribution in [3.63, 3.8) is 0 Å². The normalized spacial score (nSPS) is 12.8. The van der Waals surface area contributed by atoms with Gasteiger partial charge in [-0.1, -0.05) is 6.92 Å². The fourth-order valence-corrected chi connectivity index (χ4v) is 1.44. The van der Waals surface area contributed by atoms with Crippen LogP contribution in [0.3, 0.4) is 0 Å². The van der Waals surface area contributed by atoms with Crippen LogP contribution in [0.2, 0.25) is 0 Å². The molecule has 0 aromatic carbocycles. The van der Waals surface area contributed by atoms with Gasteiger partial charge in [-0.25, -0.2) is 0 Å². The van der Waals surface area contributed by atoms with E-state index in [4.69, 9.17) is 0 Å². The number of carbonyl (C=O) groups is 1. The van der Waals surface area contributed by atoms with E-state index in [0.29, 0.717) is 0 Å². The highest BCUT2D eigenvalue weighted by Crippen LogP contribution is 2.21. The lowest BCUT2D eigenvalue weighted by atomic mass is 10.1. The van der Waals surface area contributed by atoms with E-state index in [0.717, 1.165) is 4.90 Å². The van der Waals surface area contributed by atoms with E-state index < -0.39 is 11.4 Å². The number of nitrogens with zero attached hydrogens (tertiary/aromatic N) is 1. The minimum absolute atomic E-state index is 0.258. The van der Waals surface area contributed by atoms with Crippen molar-refractivity contribution in [3.8, 4) is 0 Å². The van der Waals surface area contributed by atoms with E-state index in [1.165, 1.54) is 27.7 Å². The Morgan fingerprint density at radius 1 is 1.15 bits per heavy atom. The van der Waals surface area contributed by atoms with Gasteiger partial charge in [0.05, 0.1) is 0 Å². The van der Waals surface area contributed by atoms with Gasteiger partial charge in [-0.15, -0.1) is 0 Å². The maximum absolute atomic E-state index is 11.4. The van der Waals surface area contributed by atoms with E-state index in [1.54, 1.807) is 6.92 Å². The first-order chi connectivity index (χ1) is 5.60. The van der Waals surface area contributed by atoms with Gasteiger partial charge in [0.25, 0.3) is 0 Å². The Bertz CT molecular complexity index is 174. The quantitative estimate of drug-likeness (QED) is 0.642. The fourth-order valence-electron chi connectivity index (χ4n) is 1.44. The van der Waals surface area contributed by atoms with Gasteiger partial charge < -0.3 is 10.2 Å². The smallest absolute Gasteiger partial charge is 0.226 e. The molecule has 4 nitrogen and oxygen atoms in total. The molecule has 0 rings (SSSR count). The lowest BCUT2D eigenvalue weighted by Gasteiger charge is -2.42. The first-order valence-electron chi connectivity index (χ1n) is 4.38. The van der Waals surface area contributed by atoms with Crippen molar-refractivity contribution in [2.45, 2.75) is 52.5 Å². The van der Waals surface area contributed by atoms with Crippen molar-refractivity contribution in [1.82, 2.24) is 4.90 Å². The van der Waals surface area contributed by atoms with Crippen LogP contribution in [0.25, 0.3) is 0 Å². The van der Waals surface area contributed by atoms with Crippen molar-refractivity contribution in [2.75, 3.05) is 0 Å². The Balaban J connectivity index is 4.89. The molecule has 0 heterocycles. The summed E-state index contributed by atoms with van der Waals surface area (Å²) in [6.45, 7) is 7.57. The van der Waals surface area contributed by atoms with Crippen molar-refractivity contribution in [3.05, 3.63) is 0 Å².